The Morgan fingerprint density at radius 2 is 2.27 bits per heavy atom. The van der Waals surface area contributed by atoms with Gasteiger partial charge in [-0.3, -0.25) is 9.69 Å². The maximum atomic E-state index is 12.0. The lowest BCUT2D eigenvalue weighted by Crippen LogP contribution is -2.37. The minimum Gasteiger partial charge on any atom is -0.383 e. The number of nitrogens with zero attached hydrogens (tertiary/aromatic N) is 2. The van der Waals surface area contributed by atoms with E-state index in [1.54, 1.807) is 7.11 Å². The largest absolute Gasteiger partial charge is 0.383 e. The normalized spacial score (nSPS) is 12.8. The van der Waals surface area contributed by atoms with Crippen LogP contribution in [0.1, 0.15) is 24.4 Å². The van der Waals surface area contributed by atoms with Gasteiger partial charge in [0.1, 0.15) is 5.82 Å². The molecule has 0 spiro atoms. The fraction of sp³-hybridized carbons (Fsp3) is 0.500. The van der Waals surface area contributed by atoms with Crippen LogP contribution in [0.15, 0.2) is 18.2 Å². The average molecular weight is 304 g/mol. The van der Waals surface area contributed by atoms with Gasteiger partial charge in [0.2, 0.25) is 5.91 Å². The summed E-state index contributed by atoms with van der Waals surface area (Å²) in [5, 5.41) is 2.96. The summed E-state index contributed by atoms with van der Waals surface area (Å²) >= 11 is 0. The van der Waals surface area contributed by atoms with Crippen LogP contribution in [0.4, 0.5) is 0 Å². The highest BCUT2D eigenvalue weighted by atomic mass is 16.5. The number of carbonyl (C=O) groups excluding carboxylic acids is 1. The zero-order valence-corrected chi connectivity index (χ0v) is 13.6. The van der Waals surface area contributed by atoms with E-state index in [0.29, 0.717) is 13.2 Å². The van der Waals surface area contributed by atoms with Crippen LogP contribution >= 0.6 is 0 Å². The molecule has 1 heterocycles. The molecule has 0 aliphatic carbocycles. The number of ether oxygens (including phenoxy) is 1. The highest BCUT2D eigenvalue weighted by Crippen LogP contribution is 2.17. The van der Waals surface area contributed by atoms with Crippen LogP contribution in [-0.2, 0) is 9.53 Å². The molecule has 0 saturated heterocycles. The first-order chi connectivity index (χ1) is 10.5. The standard InChI is InChI=1S/C16H24N4O2/c1-11-5-6-13-14(9-11)19-16(18-13)12(2)17-15(21)10-20(3)7-8-22-4/h5-6,9,12H,7-8,10H2,1-4H3,(H,17,21)(H,18,19). The van der Waals surface area contributed by atoms with Gasteiger partial charge in [0.15, 0.2) is 0 Å². The van der Waals surface area contributed by atoms with Gasteiger partial charge in [0.25, 0.3) is 0 Å². The summed E-state index contributed by atoms with van der Waals surface area (Å²) in [5.41, 5.74) is 3.09. The third-order valence-electron chi connectivity index (χ3n) is 3.53. The number of hydrogen-bond donors (Lipinski definition) is 2. The number of aryl methyl sites for hydroxylation is 1. The Morgan fingerprint density at radius 3 is 3.00 bits per heavy atom. The van der Waals surface area contributed by atoms with E-state index in [1.807, 2.05) is 37.9 Å². The van der Waals surface area contributed by atoms with Crippen LogP contribution in [-0.4, -0.2) is 54.6 Å². The molecular formula is C16H24N4O2. The van der Waals surface area contributed by atoms with Gasteiger partial charge in [-0.25, -0.2) is 4.98 Å². The molecule has 2 N–H and O–H groups in total. The Labute approximate surface area is 130 Å². The average Bonchev–Trinajstić information content (AvgIpc) is 2.88. The lowest BCUT2D eigenvalue weighted by molar-refractivity contribution is -0.122. The molecule has 1 aromatic carbocycles. The van der Waals surface area contributed by atoms with Gasteiger partial charge in [0.05, 0.1) is 30.2 Å². The van der Waals surface area contributed by atoms with E-state index in [-0.39, 0.29) is 11.9 Å². The molecule has 0 aliphatic rings. The maximum absolute atomic E-state index is 12.0. The predicted octanol–water partition coefficient (Wildman–Crippen LogP) is 1.63. The molecule has 6 heteroatoms. The first-order valence-corrected chi connectivity index (χ1v) is 7.42. The molecule has 1 amide bonds. The van der Waals surface area contributed by atoms with Crippen LogP contribution in [0, 0.1) is 6.92 Å². The topological polar surface area (TPSA) is 70.2 Å². The zero-order valence-electron chi connectivity index (χ0n) is 13.6. The molecule has 1 aromatic heterocycles. The van der Waals surface area contributed by atoms with Crippen molar-refractivity contribution in [3.8, 4) is 0 Å². The number of benzene rings is 1. The number of imidazole rings is 1. The van der Waals surface area contributed by atoms with Gasteiger partial charge in [0, 0.05) is 13.7 Å². The van der Waals surface area contributed by atoms with Crippen LogP contribution in [0.25, 0.3) is 11.0 Å². The molecular weight excluding hydrogens is 280 g/mol. The van der Waals surface area contributed by atoms with Crippen molar-refractivity contribution in [2.75, 3.05) is 33.9 Å². The monoisotopic (exact) mass is 304 g/mol. The summed E-state index contributed by atoms with van der Waals surface area (Å²) in [6, 6.07) is 5.91. The molecule has 0 bridgehead atoms. The first kappa shape index (κ1) is 16.5. The number of amides is 1. The highest BCUT2D eigenvalue weighted by molar-refractivity contribution is 5.79. The van der Waals surface area contributed by atoms with Crippen LogP contribution in [0.3, 0.4) is 0 Å². The molecule has 0 aliphatic heterocycles. The molecule has 1 unspecified atom stereocenters. The summed E-state index contributed by atoms with van der Waals surface area (Å²) in [5.74, 6) is 0.747. The van der Waals surface area contributed by atoms with Crippen molar-refractivity contribution in [3.63, 3.8) is 0 Å². The molecule has 22 heavy (non-hydrogen) atoms. The second-order valence-corrected chi connectivity index (χ2v) is 5.66. The number of carbonyl (C=O) groups is 1. The lowest BCUT2D eigenvalue weighted by Gasteiger charge is -2.17. The smallest absolute Gasteiger partial charge is 0.234 e. The number of hydrogen-bond acceptors (Lipinski definition) is 4. The van der Waals surface area contributed by atoms with Gasteiger partial charge in [-0.2, -0.15) is 0 Å². The van der Waals surface area contributed by atoms with Crippen molar-refractivity contribution in [3.05, 3.63) is 29.6 Å². The third kappa shape index (κ3) is 4.29. The van der Waals surface area contributed by atoms with E-state index in [9.17, 15) is 4.79 Å². The van der Waals surface area contributed by atoms with Crippen molar-refractivity contribution in [1.82, 2.24) is 20.2 Å². The van der Waals surface area contributed by atoms with Crippen molar-refractivity contribution in [1.29, 1.82) is 0 Å². The quantitative estimate of drug-likeness (QED) is 0.815. The van der Waals surface area contributed by atoms with Gasteiger partial charge in [-0.15, -0.1) is 0 Å². The van der Waals surface area contributed by atoms with E-state index in [0.717, 1.165) is 23.4 Å². The van der Waals surface area contributed by atoms with E-state index in [4.69, 9.17) is 4.74 Å². The molecule has 2 rings (SSSR count). The fourth-order valence-corrected chi connectivity index (χ4v) is 2.28. The summed E-state index contributed by atoms with van der Waals surface area (Å²) < 4.78 is 5.00. The Bertz CT molecular complexity index is 638. The zero-order chi connectivity index (χ0) is 16.1. The van der Waals surface area contributed by atoms with Crippen LogP contribution < -0.4 is 5.32 Å². The van der Waals surface area contributed by atoms with E-state index < -0.39 is 0 Å². The third-order valence-corrected chi connectivity index (χ3v) is 3.53. The second kappa shape index (κ2) is 7.38. The first-order valence-electron chi connectivity index (χ1n) is 7.42. The number of H-pyrrole nitrogens is 1. The molecule has 0 radical (unpaired) electrons. The number of aromatic amines is 1. The number of rotatable bonds is 7. The highest BCUT2D eigenvalue weighted by Gasteiger charge is 2.14. The number of nitrogens with one attached hydrogen (secondary N) is 2. The van der Waals surface area contributed by atoms with Crippen molar-refractivity contribution < 1.29 is 9.53 Å². The van der Waals surface area contributed by atoms with Crippen LogP contribution in [0.5, 0.6) is 0 Å². The molecule has 0 fully saturated rings. The summed E-state index contributed by atoms with van der Waals surface area (Å²) in [7, 11) is 3.55. The molecule has 0 saturated carbocycles. The van der Waals surface area contributed by atoms with Gasteiger partial charge in [-0.05, 0) is 38.6 Å². The number of aromatic nitrogens is 2. The second-order valence-electron chi connectivity index (χ2n) is 5.66. The Morgan fingerprint density at radius 1 is 1.50 bits per heavy atom. The van der Waals surface area contributed by atoms with Gasteiger partial charge < -0.3 is 15.0 Å². The van der Waals surface area contributed by atoms with Crippen LogP contribution in [0.2, 0.25) is 0 Å². The summed E-state index contributed by atoms with van der Waals surface area (Å²) in [6.07, 6.45) is 0. The number of methoxy groups -OCH3 is 1. The molecule has 2 aromatic rings. The van der Waals surface area contributed by atoms with E-state index in [2.05, 4.69) is 21.4 Å². The molecule has 1 atom stereocenters. The Hall–Kier alpha value is -1.92. The SMILES string of the molecule is COCCN(C)CC(=O)NC(C)c1nc2ccc(C)cc2[nH]1. The molecule has 120 valence electrons. The summed E-state index contributed by atoms with van der Waals surface area (Å²) in [6.45, 7) is 5.65. The lowest BCUT2D eigenvalue weighted by atomic mass is 10.2. The van der Waals surface area contributed by atoms with Gasteiger partial charge in [-0.1, -0.05) is 6.07 Å². The van der Waals surface area contributed by atoms with E-state index >= 15 is 0 Å². The summed E-state index contributed by atoms with van der Waals surface area (Å²) in [4.78, 5) is 21.8. The minimum absolute atomic E-state index is 0.0252. The van der Waals surface area contributed by atoms with Crippen molar-refractivity contribution in [2.24, 2.45) is 0 Å². The van der Waals surface area contributed by atoms with Gasteiger partial charge >= 0.3 is 0 Å². The maximum Gasteiger partial charge on any atom is 0.234 e. The number of fused-ring (bicyclic) bond motifs is 1. The van der Waals surface area contributed by atoms with Crippen molar-refractivity contribution >= 4 is 16.9 Å². The fourth-order valence-electron chi connectivity index (χ4n) is 2.28. The molecule has 6 nitrogen and oxygen atoms in total. The Kier molecular flexibility index (Phi) is 5.51. The van der Waals surface area contributed by atoms with E-state index in [1.165, 1.54) is 5.56 Å². The number of likely N-dealkylation sites (N-methyl/N-ethyl adjacent to an activating group) is 1. The van der Waals surface area contributed by atoms with Crippen molar-refractivity contribution in [2.45, 2.75) is 19.9 Å². The Balaban J connectivity index is 1.95. The predicted molar refractivity (Wildman–Crippen MR) is 86.8 cm³/mol. The minimum atomic E-state index is -0.156.